The van der Waals surface area contributed by atoms with Gasteiger partial charge in [0.25, 0.3) is 0 Å². The number of aliphatic hydroxyl groups excluding tert-OH is 1. The van der Waals surface area contributed by atoms with Crippen molar-refractivity contribution in [1.29, 1.82) is 0 Å². The van der Waals surface area contributed by atoms with Crippen molar-refractivity contribution >= 4 is 11.8 Å². The first-order valence-corrected chi connectivity index (χ1v) is 5.20. The number of nitrogens with two attached hydrogens (primary N) is 1. The van der Waals surface area contributed by atoms with Crippen molar-refractivity contribution in [1.82, 2.24) is 9.97 Å². The maximum atomic E-state index is 9.51. The molecule has 1 saturated heterocycles. The van der Waals surface area contributed by atoms with Gasteiger partial charge in [-0.1, -0.05) is 0 Å². The topological polar surface area (TPSA) is 75.3 Å². The van der Waals surface area contributed by atoms with Crippen LogP contribution in [0, 0.1) is 0 Å². The Bertz CT molecular complexity index is 344. The van der Waals surface area contributed by atoms with E-state index in [1.807, 2.05) is 0 Å². The number of rotatable bonds is 1. The third-order valence-electron chi connectivity index (χ3n) is 2.77. The fourth-order valence-electron chi connectivity index (χ4n) is 1.94. The minimum absolute atomic E-state index is 0.197. The summed E-state index contributed by atoms with van der Waals surface area (Å²) in [5.74, 6) is 1.15. The first-order valence-electron chi connectivity index (χ1n) is 5.20. The van der Waals surface area contributed by atoms with Crippen LogP contribution in [-0.4, -0.2) is 33.8 Å². The van der Waals surface area contributed by atoms with Crippen LogP contribution < -0.4 is 10.6 Å². The summed E-state index contributed by atoms with van der Waals surface area (Å²) in [7, 11) is 0. The van der Waals surface area contributed by atoms with E-state index in [4.69, 9.17) is 5.73 Å². The van der Waals surface area contributed by atoms with Crippen LogP contribution in [0.1, 0.15) is 19.8 Å². The van der Waals surface area contributed by atoms with Crippen LogP contribution in [-0.2, 0) is 0 Å². The molecule has 2 rings (SSSR count). The lowest BCUT2D eigenvalue weighted by atomic mass is 10.0. The second kappa shape index (κ2) is 4.02. The van der Waals surface area contributed by atoms with Crippen molar-refractivity contribution in [3.05, 3.63) is 12.3 Å². The van der Waals surface area contributed by atoms with Gasteiger partial charge in [0, 0.05) is 18.8 Å². The smallest absolute Gasteiger partial charge is 0.227 e. The molecule has 5 nitrogen and oxygen atoms in total. The second-order valence-corrected chi connectivity index (χ2v) is 4.00. The average Bonchev–Trinajstić information content (AvgIpc) is 2.17. The van der Waals surface area contributed by atoms with E-state index in [1.165, 1.54) is 0 Å². The number of nitrogens with zero attached hydrogens (tertiary/aromatic N) is 3. The molecule has 0 aromatic carbocycles. The van der Waals surface area contributed by atoms with Crippen LogP contribution in [0.25, 0.3) is 0 Å². The Hall–Kier alpha value is -1.36. The molecule has 1 fully saturated rings. The van der Waals surface area contributed by atoms with Gasteiger partial charge in [-0.25, -0.2) is 4.98 Å². The summed E-state index contributed by atoms with van der Waals surface area (Å²) in [4.78, 5) is 10.5. The Balaban J connectivity index is 2.17. The van der Waals surface area contributed by atoms with Crippen molar-refractivity contribution in [2.75, 3.05) is 17.2 Å². The third-order valence-corrected chi connectivity index (χ3v) is 2.77. The van der Waals surface area contributed by atoms with Crippen molar-refractivity contribution < 1.29 is 5.11 Å². The van der Waals surface area contributed by atoms with Crippen LogP contribution in [0.4, 0.5) is 11.8 Å². The van der Waals surface area contributed by atoms with Crippen LogP contribution in [0.15, 0.2) is 12.3 Å². The molecule has 2 heterocycles. The summed E-state index contributed by atoms with van der Waals surface area (Å²) in [5, 5.41) is 9.51. The van der Waals surface area contributed by atoms with E-state index in [-0.39, 0.29) is 12.1 Å². The lowest BCUT2D eigenvalue weighted by molar-refractivity contribution is 0.131. The molecule has 0 saturated carbocycles. The van der Waals surface area contributed by atoms with Gasteiger partial charge >= 0.3 is 0 Å². The molecule has 2 atom stereocenters. The zero-order valence-electron chi connectivity index (χ0n) is 8.80. The normalized spacial score (nSPS) is 26.7. The van der Waals surface area contributed by atoms with E-state index in [2.05, 4.69) is 21.8 Å². The molecule has 82 valence electrons. The zero-order valence-corrected chi connectivity index (χ0v) is 8.80. The van der Waals surface area contributed by atoms with Crippen molar-refractivity contribution in [3.63, 3.8) is 0 Å². The van der Waals surface area contributed by atoms with E-state index >= 15 is 0 Å². The highest BCUT2D eigenvalue weighted by Crippen LogP contribution is 2.21. The van der Waals surface area contributed by atoms with Gasteiger partial charge in [-0.3, -0.25) is 0 Å². The minimum Gasteiger partial charge on any atom is -0.393 e. The summed E-state index contributed by atoms with van der Waals surface area (Å²) in [5.41, 5.74) is 5.61. The maximum Gasteiger partial charge on any atom is 0.227 e. The van der Waals surface area contributed by atoms with Crippen LogP contribution in [0.5, 0.6) is 0 Å². The Morgan fingerprint density at radius 3 is 3.07 bits per heavy atom. The number of anilines is 2. The molecule has 2 unspecified atom stereocenters. The van der Waals surface area contributed by atoms with Gasteiger partial charge in [-0.05, 0) is 25.8 Å². The highest BCUT2D eigenvalue weighted by Gasteiger charge is 2.25. The lowest BCUT2D eigenvalue weighted by Crippen LogP contribution is -2.43. The fraction of sp³-hybridized carbons (Fsp3) is 0.600. The van der Waals surface area contributed by atoms with Crippen LogP contribution in [0.3, 0.4) is 0 Å². The predicted molar refractivity (Wildman–Crippen MR) is 58.5 cm³/mol. The molecule has 0 amide bonds. The monoisotopic (exact) mass is 208 g/mol. The summed E-state index contributed by atoms with van der Waals surface area (Å²) in [6, 6.07) is 1.93. The van der Waals surface area contributed by atoms with Gasteiger partial charge in [0.2, 0.25) is 5.95 Å². The van der Waals surface area contributed by atoms with Crippen molar-refractivity contribution in [2.45, 2.75) is 31.9 Å². The molecule has 15 heavy (non-hydrogen) atoms. The largest absolute Gasteiger partial charge is 0.393 e. The van der Waals surface area contributed by atoms with E-state index in [9.17, 15) is 5.11 Å². The quantitative estimate of drug-likeness (QED) is 0.699. The van der Waals surface area contributed by atoms with Gasteiger partial charge in [0.15, 0.2) is 0 Å². The van der Waals surface area contributed by atoms with Crippen molar-refractivity contribution in [2.24, 2.45) is 0 Å². The van der Waals surface area contributed by atoms with Crippen molar-refractivity contribution in [3.8, 4) is 0 Å². The Morgan fingerprint density at radius 1 is 1.60 bits per heavy atom. The second-order valence-electron chi connectivity index (χ2n) is 4.00. The number of nitrogen functional groups attached to an aromatic ring is 1. The molecule has 0 spiro atoms. The van der Waals surface area contributed by atoms with Gasteiger partial charge in [0.05, 0.1) is 6.10 Å². The van der Waals surface area contributed by atoms with Gasteiger partial charge < -0.3 is 15.7 Å². The average molecular weight is 208 g/mol. The first kappa shape index (κ1) is 10.2. The van der Waals surface area contributed by atoms with E-state index in [0.29, 0.717) is 11.8 Å². The number of piperidine rings is 1. The first-order chi connectivity index (χ1) is 7.16. The molecule has 1 aromatic rings. The van der Waals surface area contributed by atoms with Gasteiger partial charge in [-0.15, -0.1) is 0 Å². The predicted octanol–water partition coefficient (Wildman–Crippen LogP) is 0.408. The molecule has 1 aliphatic heterocycles. The zero-order chi connectivity index (χ0) is 10.8. The Kier molecular flexibility index (Phi) is 2.73. The molecule has 0 radical (unpaired) electrons. The minimum atomic E-state index is -0.197. The molecule has 3 N–H and O–H groups in total. The third kappa shape index (κ3) is 2.18. The summed E-state index contributed by atoms with van der Waals surface area (Å²) in [6.07, 6.45) is 2.99. The lowest BCUT2D eigenvalue weighted by Gasteiger charge is -2.35. The Morgan fingerprint density at radius 2 is 2.40 bits per heavy atom. The molecule has 0 bridgehead atoms. The molecule has 1 aliphatic rings. The molecule has 5 heteroatoms. The highest BCUT2D eigenvalue weighted by atomic mass is 16.3. The highest BCUT2D eigenvalue weighted by molar-refractivity contribution is 5.39. The van der Waals surface area contributed by atoms with Crippen LogP contribution >= 0.6 is 0 Å². The maximum absolute atomic E-state index is 9.51. The Labute approximate surface area is 88.9 Å². The van der Waals surface area contributed by atoms with Gasteiger partial charge in [-0.2, -0.15) is 4.98 Å². The molecular formula is C10H16N4O. The van der Waals surface area contributed by atoms with E-state index < -0.39 is 0 Å². The summed E-state index contributed by atoms with van der Waals surface area (Å²) < 4.78 is 0. The molecular weight excluding hydrogens is 192 g/mol. The molecule has 1 aromatic heterocycles. The standard InChI is InChI=1S/C10H16N4O/c1-7-6-8(15)3-5-14(7)10-12-4-2-9(11)13-10/h2,4,7-8,15H,3,5-6H2,1H3,(H2,11,12,13). The molecule has 0 aliphatic carbocycles. The van der Waals surface area contributed by atoms with Gasteiger partial charge in [0.1, 0.15) is 5.82 Å². The summed E-state index contributed by atoms with van der Waals surface area (Å²) >= 11 is 0. The number of hydrogen-bond acceptors (Lipinski definition) is 5. The SMILES string of the molecule is CC1CC(O)CCN1c1nccc(N)n1. The van der Waals surface area contributed by atoms with E-state index in [0.717, 1.165) is 19.4 Å². The fourth-order valence-corrected chi connectivity index (χ4v) is 1.94. The summed E-state index contributed by atoms with van der Waals surface area (Å²) in [6.45, 7) is 2.85. The van der Waals surface area contributed by atoms with Crippen LogP contribution in [0.2, 0.25) is 0 Å². The number of aromatic nitrogens is 2. The van der Waals surface area contributed by atoms with E-state index in [1.54, 1.807) is 12.3 Å². The number of hydrogen-bond donors (Lipinski definition) is 2. The number of aliphatic hydroxyl groups is 1.